The summed E-state index contributed by atoms with van der Waals surface area (Å²) in [5.41, 5.74) is 1.75. The van der Waals surface area contributed by atoms with Gasteiger partial charge in [-0.1, -0.05) is 24.6 Å². The topological polar surface area (TPSA) is 107 Å². The number of benzene rings is 2. The summed E-state index contributed by atoms with van der Waals surface area (Å²) in [4.78, 5) is 17.1. The summed E-state index contributed by atoms with van der Waals surface area (Å²) in [6.07, 6.45) is 4.04. The van der Waals surface area contributed by atoms with Crippen LogP contribution in [-0.4, -0.2) is 26.4 Å². The van der Waals surface area contributed by atoms with Crippen molar-refractivity contribution >= 4 is 27.3 Å². The lowest BCUT2D eigenvalue weighted by atomic mass is 9.65. The van der Waals surface area contributed by atoms with Crippen LogP contribution < -0.4 is 19.5 Å². The number of pyridine rings is 1. The second kappa shape index (κ2) is 8.08. The first-order chi connectivity index (χ1) is 15.9. The van der Waals surface area contributed by atoms with Gasteiger partial charge >= 0.3 is 0 Å². The van der Waals surface area contributed by atoms with Crippen molar-refractivity contribution in [3.05, 3.63) is 72.1 Å². The van der Waals surface area contributed by atoms with Crippen molar-refractivity contribution in [1.82, 2.24) is 4.98 Å². The molecular formula is C24H23N3O5S. The molecule has 33 heavy (non-hydrogen) atoms. The normalized spacial score (nSPS) is 16.0. The fourth-order valence-corrected chi connectivity index (χ4v) is 5.57. The van der Waals surface area contributed by atoms with Crippen LogP contribution in [0, 0.1) is 0 Å². The number of hydrogen-bond donors (Lipinski definition) is 2. The Bertz CT molecular complexity index is 1320. The molecule has 0 atom stereocenters. The molecule has 5 rings (SSSR count). The van der Waals surface area contributed by atoms with Gasteiger partial charge in [-0.25, -0.2) is 8.42 Å². The Hall–Kier alpha value is -3.59. The van der Waals surface area contributed by atoms with E-state index >= 15 is 0 Å². The van der Waals surface area contributed by atoms with E-state index in [0.29, 0.717) is 35.7 Å². The van der Waals surface area contributed by atoms with Gasteiger partial charge in [0.2, 0.25) is 5.91 Å². The SMILES string of the molecule is COc1ccccc1S(=O)(=O)Nc1cc(OCc2ccccn2)c2c(c1)C1(CCC1)C(=O)N2. The molecule has 0 bridgehead atoms. The Morgan fingerprint density at radius 2 is 1.88 bits per heavy atom. The quantitative estimate of drug-likeness (QED) is 0.549. The monoisotopic (exact) mass is 465 g/mol. The Morgan fingerprint density at radius 1 is 1.09 bits per heavy atom. The van der Waals surface area contributed by atoms with Crippen molar-refractivity contribution in [3.8, 4) is 11.5 Å². The van der Waals surface area contributed by atoms with Crippen LogP contribution in [0.3, 0.4) is 0 Å². The Morgan fingerprint density at radius 3 is 2.58 bits per heavy atom. The number of hydrogen-bond acceptors (Lipinski definition) is 6. The van der Waals surface area contributed by atoms with Crippen LogP contribution in [-0.2, 0) is 26.8 Å². The van der Waals surface area contributed by atoms with Gasteiger partial charge in [-0.3, -0.25) is 14.5 Å². The average Bonchev–Trinajstić information content (AvgIpc) is 3.10. The molecule has 2 heterocycles. The molecule has 170 valence electrons. The number of carbonyl (C=O) groups excluding carboxylic acids is 1. The minimum Gasteiger partial charge on any atom is -0.495 e. The molecule has 1 spiro atoms. The number of anilines is 2. The molecule has 1 saturated carbocycles. The van der Waals surface area contributed by atoms with Crippen LogP contribution in [0.2, 0.25) is 0 Å². The van der Waals surface area contributed by atoms with E-state index in [1.807, 2.05) is 18.2 Å². The molecule has 1 amide bonds. The van der Waals surface area contributed by atoms with E-state index in [2.05, 4.69) is 15.0 Å². The minimum atomic E-state index is -3.95. The van der Waals surface area contributed by atoms with Gasteiger partial charge in [0.15, 0.2) is 0 Å². The van der Waals surface area contributed by atoms with Gasteiger partial charge in [-0.15, -0.1) is 0 Å². The zero-order chi connectivity index (χ0) is 23.1. The third-order valence-corrected chi connectivity index (χ3v) is 7.63. The maximum Gasteiger partial charge on any atom is 0.265 e. The number of methoxy groups -OCH3 is 1. The van der Waals surface area contributed by atoms with Crippen molar-refractivity contribution < 1.29 is 22.7 Å². The standard InChI is InChI=1S/C24H23N3O5S/c1-31-19-8-2-3-9-21(19)33(29,30)27-17-13-18-22(26-23(28)24(18)10-6-11-24)20(14-17)32-15-16-7-4-5-12-25-16/h2-5,7-9,12-14,27H,6,10-11,15H2,1H3,(H,26,28). The summed E-state index contributed by atoms with van der Waals surface area (Å²) in [5, 5.41) is 2.95. The van der Waals surface area contributed by atoms with Crippen LogP contribution in [0.5, 0.6) is 11.5 Å². The molecule has 1 fully saturated rings. The number of para-hydroxylation sites is 1. The molecule has 8 nitrogen and oxygen atoms in total. The van der Waals surface area contributed by atoms with E-state index in [4.69, 9.17) is 9.47 Å². The lowest BCUT2D eigenvalue weighted by Crippen LogP contribution is -2.40. The fourth-order valence-electron chi connectivity index (χ4n) is 4.36. The molecule has 3 aromatic rings. The van der Waals surface area contributed by atoms with Gasteiger partial charge in [-0.2, -0.15) is 0 Å². The maximum atomic E-state index is 13.2. The lowest BCUT2D eigenvalue weighted by molar-refractivity contribution is -0.123. The van der Waals surface area contributed by atoms with Crippen LogP contribution >= 0.6 is 0 Å². The van der Waals surface area contributed by atoms with Crippen molar-refractivity contribution in [2.75, 3.05) is 17.1 Å². The number of aromatic nitrogens is 1. The minimum absolute atomic E-state index is 0.0245. The first kappa shape index (κ1) is 21.3. The molecule has 1 aliphatic carbocycles. The van der Waals surface area contributed by atoms with Gasteiger partial charge in [-0.05, 0) is 48.7 Å². The highest BCUT2D eigenvalue weighted by molar-refractivity contribution is 7.92. The molecule has 0 saturated heterocycles. The molecule has 1 aliphatic heterocycles. The van der Waals surface area contributed by atoms with E-state index in [1.165, 1.54) is 13.2 Å². The first-order valence-electron chi connectivity index (χ1n) is 10.6. The summed E-state index contributed by atoms with van der Waals surface area (Å²) in [5.74, 6) is 0.564. The number of rotatable bonds is 7. The molecule has 0 unspecified atom stereocenters. The second-order valence-electron chi connectivity index (χ2n) is 8.15. The van der Waals surface area contributed by atoms with Crippen molar-refractivity contribution in [2.24, 2.45) is 0 Å². The van der Waals surface area contributed by atoms with Gasteiger partial charge in [0.25, 0.3) is 10.0 Å². The van der Waals surface area contributed by atoms with Crippen molar-refractivity contribution in [3.63, 3.8) is 0 Å². The molecule has 9 heteroatoms. The molecule has 1 aromatic heterocycles. The number of fused-ring (bicyclic) bond motifs is 2. The number of carbonyl (C=O) groups is 1. The lowest BCUT2D eigenvalue weighted by Gasteiger charge is -2.36. The van der Waals surface area contributed by atoms with Gasteiger partial charge in [0.05, 0.1) is 29.6 Å². The number of nitrogens with one attached hydrogen (secondary N) is 2. The summed E-state index contributed by atoms with van der Waals surface area (Å²) in [6.45, 7) is 0.179. The van der Waals surface area contributed by atoms with Gasteiger partial charge < -0.3 is 14.8 Å². The van der Waals surface area contributed by atoms with E-state index in [1.54, 1.807) is 36.5 Å². The predicted octanol–water partition coefficient (Wildman–Crippen LogP) is 3.84. The van der Waals surface area contributed by atoms with Crippen molar-refractivity contribution in [2.45, 2.75) is 36.2 Å². The Labute approximate surface area is 192 Å². The van der Waals surface area contributed by atoms with E-state index in [0.717, 1.165) is 12.0 Å². The average molecular weight is 466 g/mol. The number of nitrogens with zero attached hydrogens (tertiary/aromatic N) is 1. The van der Waals surface area contributed by atoms with Crippen LogP contribution in [0.1, 0.15) is 30.5 Å². The zero-order valence-corrected chi connectivity index (χ0v) is 18.8. The maximum absolute atomic E-state index is 13.2. The fraction of sp³-hybridized carbons (Fsp3) is 0.250. The van der Waals surface area contributed by atoms with Crippen LogP contribution in [0.4, 0.5) is 11.4 Å². The second-order valence-corrected chi connectivity index (χ2v) is 9.80. The first-order valence-corrected chi connectivity index (χ1v) is 12.1. The third-order valence-electron chi connectivity index (χ3n) is 6.21. The Kier molecular flexibility index (Phi) is 5.20. The summed E-state index contributed by atoms with van der Waals surface area (Å²) >= 11 is 0. The zero-order valence-electron chi connectivity index (χ0n) is 18.0. The summed E-state index contributed by atoms with van der Waals surface area (Å²) in [6, 6.07) is 15.2. The highest BCUT2D eigenvalue weighted by Crippen LogP contribution is 2.54. The summed E-state index contributed by atoms with van der Waals surface area (Å²) in [7, 11) is -2.52. The van der Waals surface area contributed by atoms with Gasteiger partial charge in [0.1, 0.15) is 23.0 Å². The third kappa shape index (κ3) is 3.68. The summed E-state index contributed by atoms with van der Waals surface area (Å²) < 4.78 is 40.2. The molecule has 2 aliphatic rings. The van der Waals surface area contributed by atoms with Gasteiger partial charge in [0, 0.05) is 12.3 Å². The highest BCUT2D eigenvalue weighted by Gasteiger charge is 2.52. The molecule has 2 N–H and O–H groups in total. The number of sulfonamides is 1. The predicted molar refractivity (Wildman–Crippen MR) is 123 cm³/mol. The smallest absolute Gasteiger partial charge is 0.265 e. The van der Waals surface area contributed by atoms with Crippen molar-refractivity contribution in [1.29, 1.82) is 0 Å². The molecule has 0 radical (unpaired) electrons. The van der Waals surface area contributed by atoms with Crippen LogP contribution in [0.15, 0.2) is 65.7 Å². The highest BCUT2D eigenvalue weighted by atomic mass is 32.2. The number of ether oxygens (including phenoxy) is 2. The molecule has 2 aromatic carbocycles. The van der Waals surface area contributed by atoms with E-state index in [-0.39, 0.29) is 23.2 Å². The number of amides is 1. The van der Waals surface area contributed by atoms with Crippen LogP contribution in [0.25, 0.3) is 0 Å². The van der Waals surface area contributed by atoms with E-state index < -0.39 is 15.4 Å². The molecular weight excluding hydrogens is 442 g/mol. The Balaban J connectivity index is 1.53. The largest absolute Gasteiger partial charge is 0.495 e. The van der Waals surface area contributed by atoms with E-state index in [9.17, 15) is 13.2 Å².